The molecule has 0 aliphatic heterocycles. The van der Waals surface area contributed by atoms with E-state index in [9.17, 15) is 0 Å². The molecule has 0 aliphatic rings. The predicted molar refractivity (Wildman–Crippen MR) is 41.2 cm³/mol. The molecule has 1 N–H and O–H groups in total. The van der Waals surface area contributed by atoms with Crippen molar-refractivity contribution in [3.05, 3.63) is 17.0 Å². The van der Waals surface area contributed by atoms with Crippen LogP contribution in [0.25, 0.3) is 0 Å². The summed E-state index contributed by atoms with van der Waals surface area (Å²) in [4.78, 5) is 0. The lowest BCUT2D eigenvalue weighted by Gasteiger charge is -1.93. The lowest BCUT2D eigenvalue weighted by molar-refractivity contribution is 0.277. The van der Waals surface area contributed by atoms with E-state index in [1.54, 1.807) is 0 Å². The van der Waals surface area contributed by atoms with Gasteiger partial charge < -0.3 is 9.63 Å². The number of rotatable bonds is 3. The maximum Gasteiger partial charge on any atom is 0.139 e. The highest BCUT2D eigenvalue weighted by molar-refractivity contribution is 5.20. The van der Waals surface area contributed by atoms with Gasteiger partial charge in [0.2, 0.25) is 0 Å². The Morgan fingerprint density at radius 3 is 2.82 bits per heavy atom. The molecule has 1 aromatic rings. The summed E-state index contributed by atoms with van der Waals surface area (Å²) >= 11 is 0. The van der Waals surface area contributed by atoms with Crippen LogP contribution < -0.4 is 0 Å². The normalized spacial score (nSPS) is 10.5. The third kappa shape index (κ3) is 1.60. The van der Waals surface area contributed by atoms with Gasteiger partial charge in [-0.1, -0.05) is 18.5 Å². The number of aliphatic hydroxyl groups excluding tert-OH is 1. The number of aliphatic hydroxyl groups is 1. The molecular weight excluding hydrogens is 142 g/mol. The van der Waals surface area contributed by atoms with Gasteiger partial charge in [-0.15, -0.1) is 0 Å². The third-order valence-corrected chi connectivity index (χ3v) is 1.71. The molecule has 3 heteroatoms. The first kappa shape index (κ1) is 8.27. The Kier molecular flexibility index (Phi) is 2.65. The Hall–Kier alpha value is -0.830. The van der Waals surface area contributed by atoms with Crippen LogP contribution in [-0.2, 0) is 13.0 Å². The lowest BCUT2D eigenvalue weighted by Crippen LogP contribution is -1.91. The second kappa shape index (κ2) is 3.53. The van der Waals surface area contributed by atoms with Gasteiger partial charge in [-0.05, 0) is 13.3 Å². The number of hydrogen-bond donors (Lipinski definition) is 1. The molecule has 62 valence electrons. The molecule has 0 aliphatic carbocycles. The zero-order valence-corrected chi connectivity index (χ0v) is 6.92. The molecule has 0 unspecified atom stereocenters. The molecule has 1 rings (SSSR count). The van der Waals surface area contributed by atoms with Gasteiger partial charge in [0.25, 0.3) is 0 Å². The summed E-state index contributed by atoms with van der Waals surface area (Å²) in [5.41, 5.74) is 1.75. The number of aryl methyl sites for hydroxylation is 2. The maximum atomic E-state index is 8.91. The van der Waals surface area contributed by atoms with Crippen LogP contribution in [0.3, 0.4) is 0 Å². The van der Waals surface area contributed by atoms with E-state index in [4.69, 9.17) is 9.63 Å². The Balaban J connectivity index is 2.86. The van der Waals surface area contributed by atoms with Gasteiger partial charge in [0, 0.05) is 5.56 Å². The quantitative estimate of drug-likeness (QED) is 0.718. The predicted octanol–water partition coefficient (Wildman–Crippen LogP) is 1.43. The fraction of sp³-hybridized carbons (Fsp3) is 0.625. The second-order valence-electron chi connectivity index (χ2n) is 2.57. The minimum absolute atomic E-state index is 0.0324. The second-order valence-corrected chi connectivity index (χ2v) is 2.57. The van der Waals surface area contributed by atoms with E-state index in [-0.39, 0.29) is 6.61 Å². The molecule has 0 atom stereocenters. The zero-order chi connectivity index (χ0) is 8.27. The highest BCUT2D eigenvalue weighted by Gasteiger charge is 2.09. The first-order chi connectivity index (χ1) is 5.29. The maximum absolute atomic E-state index is 8.91. The molecule has 0 amide bonds. The molecule has 1 heterocycles. The van der Waals surface area contributed by atoms with Crippen LogP contribution in [0.4, 0.5) is 0 Å². The molecule has 0 radical (unpaired) electrons. The molecule has 0 saturated carbocycles. The molecular formula is C8H13NO2. The first-order valence-electron chi connectivity index (χ1n) is 3.84. The Bertz CT molecular complexity index is 230. The molecule has 3 nitrogen and oxygen atoms in total. The van der Waals surface area contributed by atoms with Crippen molar-refractivity contribution >= 4 is 0 Å². The molecule has 0 saturated heterocycles. The monoisotopic (exact) mass is 155 g/mol. The third-order valence-electron chi connectivity index (χ3n) is 1.71. The molecule has 0 bridgehead atoms. The highest BCUT2D eigenvalue weighted by atomic mass is 16.5. The van der Waals surface area contributed by atoms with E-state index in [0.29, 0.717) is 0 Å². The van der Waals surface area contributed by atoms with Crippen molar-refractivity contribution in [1.29, 1.82) is 0 Å². The Morgan fingerprint density at radius 2 is 2.27 bits per heavy atom. The average molecular weight is 155 g/mol. The van der Waals surface area contributed by atoms with Crippen LogP contribution in [0.5, 0.6) is 0 Å². The van der Waals surface area contributed by atoms with Crippen molar-refractivity contribution in [2.24, 2.45) is 0 Å². The van der Waals surface area contributed by atoms with Crippen molar-refractivity contribution < 1.29 is 9.63 Å². The van der Waals surface area contributed by atoms with Crippen LogP contribution in [-0.4, -0.2) is 10.3 Å². The first-order valence-corrected chi connectivity index (χ1v) is 3.84. The molecule has 0 spiro atoms. The van der Waals surface area contributed by atoms with E-state index < -0.39 is 0 Å². The van der Waals surface area contributed by atoms with Gasteiger partial charge in [-0.2, -0.15) is 0 Å². The zero-order valence-electron chi connectivity index (χ0n) is 6.92. The minimum atomic E-state index is 0.0324. The molecule has 0 fully saturated rings. The van der Waals surface area contributed by atoms with Crippen molar-refractivity contribution in [1.82, 2.24) is 5.16 Å². The summed E-state index contributed by atoms with van der Waals surface area (Å²) in [7, 11) is 0. The lowest BCUT2D eigenvalue weighted by atomic mass is 10.1. The van der Waals surface area contributed by atoms with Crippen LogP contribution >= 0.6 is 0 Å². The van der Waals surface area contributed by atoms with E-state index in [1.165, 1.54) is 0 Å². The van der Waals surface area contributed by atoms with Crippen molar-refractivity contribution in [2.45, 2.75) is 33.3 Å². The van der Waals surface area contributed by atoms with Crippen molar-refractivity contribution in [2.75, 3.05) is 0 Å². The molecule has 11 heavy (non-hydrogen) atoms. The van der Waals surface area contributed by atoms with Gasteiger partial charge in [0.05, 0.1) is 12.3 Å². The summed E-state index contributed by atoms with van der Waals surface area (Å²) < 4.78 is 4.93. The smallest absolute Gasteiger partial charge is 0.139 e. The van der Waals surface area contributed by atoms with Gasteiger partial charge in [-0.25, -0.2) is 0 Å². The number of hydrogen-bond acceptors (Lipinski definition) is 3. The van der Waals surface area contributed by atoms with E-state index in [0.717, 1.165) is 29.9 Å². The van der Waals surface area contributed by atoms with E-state index >= 15 is 0 Å². The summed E-state index contributed by atoms with van der Waals surface area (Å²) in [5.74, 6) is 0.732. The van der Waals surface area contributed by atoms with Crippen molar-refractivity contribution in [3.8, 4) is 0 Å². The number of nitrogens with zero attached hydrogens (tertiary/aromatic N) is 1. The molecule has 0 aromatic carbocycles. The fourth-order valence-electron chi connectivity index (χ4n) is 1.07. The minimum Gasteiger partial charge on any atom is -0.391 e. The Labute approximate surface area is 66.0 Å². The van der Waals surface area contributed by atoms with Crippen LogP contribution in [0, 0.1) is 6.92 Å². The van der Waals surface area contributed by atoms with E-state index in [2.05, 4.69) is 12.1 Å². The SMILES string of the molecule is CCCc1noc(C)c1CO. The standard InChI is InChI=1S/C8H13NO2/c1-3-4-8-7(5-10)6(2)11-9-8/h10H,3-5H2,1-2H3. The summed E-state index contributed by atoms with van der Waals surface area (Å²) in [6, 6.07) is 0. The largest absolute Gasteiger partial charge is 0.391 e. The van der Waals surface area contributed by atoms with Crippen LogP contribution in [0.1, 0.15) is 30.4 Å². The summed E-state index contributed by atoms with van der Waals surface area (Å²) in [6.07, 6.45) is 1.91. The van der Waals surface area contributed by atoms with Gasteiger partial charge in [0.15, 0.2) is 0 Å². The topological polar surface area (TPSA) is 46.3 Å². The summed E-state index contributed by atoms with van der Waals surface area (Å²) in [5, 5.41) is 12.8. The summed E-state index contributed by atoms with van der Waals surface area (Å²) in [6.45, 7) is 3.92. The molecule has 1 aromatic heterocycles. The highest BCUT2D eigenvalue weighted by Crippen LogP contribution is 2.14. The van der Waals surface area contributed by atoms with Gasteiger partial charge in [0.1, 0.15) is 5.76 Å². The van der Waals surface area contributed by atoms with Crippen molar-refractivity contribution in [3.63, 3.8) is 0 Å². The van der Waals surface area contributed by atoms with Gasteiger partial charge >= 0.3 is 0 Å². The fourth-order valence-corrected chi connectivity index (χ4v) is 1.07. The van der Waals surface area contributed by atoms with E-state index in [1.807, 2.05) is 6.92 Å². The average Bonchev–Trinajstić information content (AvgIpc) is 2.33. The number of aromatic nitrogens is 1. The van der Waals surface area contributed by atoms with Gasteiger partial charge in [-0.3, -0.25) is 0 Å². The Morgan fingerprint density at radius 1 is 1.55 bits per heavy atom. The van der Waals surface area contributed by atoms with Crippen LogP contribution in [0.2, 0.25) is 0 Å². The van der Waals surface area contributed by atoms with Crippen LogP contribution in [0.15, 0.2) is 4.52 Å².